The third-order valence-electron chi connectivity index (χ3n) is 2.24. The van der Waals surface area contributed by atoms with Crippen molar-refractivity contribution < 1.29 is 9.18 Å². The molecule has 0 aliphatic heterocycles. The van der Waals surface area contributed by atoms with E-state index in [-0.39, 0.29) is 11.5 Å². The molecule has 0 saturated carbocycles. The molecule has 17 heavy (non-hydrogen) atoms. The molecule has 4 nitrogen and oxygen atoms in total. The zero-order chi connectivity index (χ0) is 12.4. The molecule has 1 amide bonds. The fourth-order valence-electron chi connectivity index (χ4n) is 1.32. The number of benzene rings is 1. The lowest BCUT2D eigenvalue weighted by atomic mass is 10.2. The van der Waals surface area contributed by atoms with E-state index in [4.69, 9.17) is 0 Å². The molecule has 0 saturated heterocycles. The van der Waals surface area contributed by atoms with Gasteiger partial charge in [-0.1, -0.05) is 0 Å². The third kappa shape index (κ3) is 2.52. The standard InChI is InChI=1S/C11H9BrFN3O/c1-16-10(4-5-14-16)15-11(17)7-2-3-8(12)9(13)6-7/h2-6H,1H3,(H,15,17). The van der Waals surface area contributed by atoms with E-state index in [2.05, 4.69) is 26.3 Å². The van der Waals surface area contributed by atoms with Crippen molar-refractivity contribution >= 4 is 27.7 Å². The number of nitrogens with zero attached hydrogens (tertiary/aromatic N) is 2. The van der Waals surface area contributed by atoms with Crippen molar-refractivity contribution in [3.63, 3.8) is 0 Å². The van der Waals surface area contributed by atoms with Gasteiger partial charge in [0.25, 0.3) is 5.91 Å². The molecule has 0 bridgehead atoms. The zero-order valence-corrected chi connectivity index (χ0v) is 10.5. The van der Waals surface area contributed by atoms with Gasteiger partial charge in [-0.05, 0) is 34.1 Å². The number of anilines is 1. The Morgan fingerprint density at radius 1 is 1.47 bits per heavy atom. The van der Waals surface area contributed by atoms with Crippen LogP contribution in [0.3, 0.4) is 0 Å². The maximum atomic E-state index is 13.3. The smallest absolute Gasteiger partial charge is 0.256 e. The van der Waals surface area contributed by atoms with Crippen LogP contribution in [0.4, 0.5) is 10.2 Å². The first-order valence-corrected chi connectivity index (χ1v) is 5.61. The van der Waals surface area contributed by atoms with Crippen LogP contribution in [0.25, 0.3) is 0 Å². The molecule has 1 heterocycles. The van der Waals surface area contributed by atoms with E-state index in [1.807, 2.05) is 0 Å². The SMILES string of the molecule is Cn1nccc1NC(=O)c1ccc(Br)c(F)c1. The lowest BCUT2D eigenvalue weighted by Gasteiger charge is -2.05. The van der Waals surface area contributed by atoms with Crippen molar-refractivity contribution in [1.29, 1.82) is 0 Å². The second-order valence-electron chi connectivity index (χ2n) is 3.42. The third-order valence-corrected chi connectivity index (χ3v) is 2.89. The van der Waals surface area contributed by atoms with Gasteiger partial charge in [0.15, 0.2) is 0 Å². The number of aromatic nitrogens is 2. The molecule has 1 aromatic carbocycles. The van der Waals surface area contributed by atoms with Gasteiger partial charge in [0.2, 0.25) is 0 Å². The number of hydrogen-bond acceptors (Lipinski definition) is 2. The van der Waals surface area contributed by atoms with Crippen LogP contribution in [0.5, 0.6) is 0 Å². The lowest BCUT2D eigenvalue weighted by Crippen LogP contribution is -2.14. The number of halogens is 2. The van der Waals surface area contributed by atoms with Gasteiger partial charge in [-0.3, -0.25) is 9.48 Å². The first-order valence-electron chi connectivity index (χ1n) is 4.82. The van der Waals surface area contributed by atoms with Gasteiger partial charge in [0.1, 0.15) is 11.6 Å². The van der Waals surface area contributed by atoms with E-state index < -0.39 is 5.82 Å². The normalized spacial score (nSPS) is 10.3. The van der Waals surface area contributed by atoms with E-state index in [0.717, 1.165) is 0 Å². The van der Waals surface area contributed by atoms with E-state index in [0.29, 0.717) is 10.3 Å². The van der Waals surface area contributed by atoms with Crippen LogP contribution >= 0.6 is 15.9 Å². The Morgan fingerprint density at radius 3 is 2.82 bits per heavy atom. The Labute approximate surface area is 106 Å². The Kier molecular flexibility index (Phi) is 3.23. The largest absolute Gasteiger partial charge is 0.307 e. The number of hydrogen-bond donors (Lipinski definition) is 1. The minimum absolute atomic E-state index is 0.256. The number of aryl methyl sites for hydroxylation is 1. The average Bonchev–Trinajstić information content (AvgIpc) is 2.68. The second kappa shape index (κ2) is 4.67. The van der Waals surface area contributed by atoms with Crippen LogP contribution < -0.4 is 5.32 Å². The van der Waals surface area contributed by atoms with E-state index in [9.17, 15) is 9.18 Å². The van der Waals surface area contributed by atoms with Gasteiger partial charge in [0.05, 0.1) is 10.7 Å². The van der Waals surface area contributed by atoms with Gasteiger partial charge in [0, 0.05) is 18.7 Å². The average molecular weight is 298 g/mol. The number of carbonyl (C=O) groups is 1. The summed E-state index contributed by atoms with van der Waals surface area (Å²) in [5.41, 5.74) is 0.256. The van der Waals surface area contributed by atoms with Gasteiger partial charge in [-0.15, -0.1) is 0 Å². The van der Waals surface area contributed by atoms with Crippen molar-refractivity contribution in [2.75, 3.05) is 5.32 Å². The molecule has 0 spiro atoms. The highest BCUT2D eigenvalue weighted by Gasteiger charge is 2.10. The van der Waals surface area contributed by atoms with Crippen molar-refractivity contribution in [3.05, 3.63) is 46.3 Å². The monoisotopic (exact) mass is 297 g/mol. The van der Waals surface area contributed by atoms with Crippen LogP contribution in [0.1, 0.15) is 10.4 Å². The lowest BCUT2D eigenvalue weighted by molar-refractivity contribution is 0.102. The summed E-state index contributed by atoms with van der Waals surface area (Å²) in [6.45, 7) is 0. The fourth-order valence-corrected chi connectivity index (χ4v) is 1.57. The molecule has 0 unspecified atom stereocenters. The Balaban J connectivity index is 2.20. The predicted molar refractivity (Wildman–Crippen MR) is 65.3 cm³/mol. The highest BCUT2D eigenvalue weighted by atomic mass is 79.9. The summed E-state index contributed by atoms with van der Waals surface area (Å²) in [7, 11) is 1.71. The molecule has 0 aliphatic rings. The van der Waals surface area contributed by atoms with Gasteiger partial charge >= 0.3 is 0 Å². The zero-order valence-electron chi connectivity index (χ0n) is 8.95. The van der Waals surface area contributed by atoms with E-state index >= 15 is 0 Å². The van der Waals surface area contributed by atoms with Crippen LogP contribution in [-0.4, -0.2) is 15.7 Å². The van der Waals surface area contributed by atoms with Crippen LogP contribution in [-0.2, 0) is 7.05 Å². The summed E-state index contributed by atoms with van der Waals surface area (Å²) < 4.78 is 15.1. The maximum absolute atomic E-state index is 13.3. The molecular formula is C11H9BrFN3O. The summed E-state index contributed by atoms with van der Waals surface area (Å²) >= 11 is 3.03. The fraction of sp³-hybridized carbons (Fsp3) is 0.0909. The molecule has 0 aliphatic carbocycles. The van der Waals surface area contributed by atoms with Crippen LogP contribution in [0.2, 0.25) is 0 Å². The summed E-state index contributed by atoms with van der Waals surface area (Å²) in [4.78, 5) is 11.8. The van der Waals surface area contributed by atoms with Crippen LogP contribution in [0.15, 0.2) is 34.9 Å². The van der Waals surface area contributed by atoms with E-state index in [1.54, 1.807) is 25.4 Å². The van der Waals surface area contributed by atoms with Gasteiger partial charge in [-0.2, -0.15) is 5.10 Å². The minimum Gasteiger partial charge on any atom is -0.307 e. The Hall–Kier alpha value is -1.69. The second-order valence-corrected chi connectivity index (χ2v) is 4.28. The molecule has 0 radical (unpaired) electrons. The molecule has 0 fully saturated rings. The first kappa shape index (κ1) is 11.8. The topological polar surface area (TPSA) is 46.9 Å². The van der Waals surface area contributed by atoms with Gasteiger partial charge < -0.3 is 5.32 Å². The van der Waals surface area contributed by atoms with Crippen molar-refractivity contribution in [2.45, 2.75) is 0 Å². The molecule has 2 rings (SSSR count). The summed E-state index contributed by atoms with van der Waals surface area (Å²) in [6.07, 6.45) is 1.57. The maximum Gasteiger partial charge on any atom is 0.256 e. The van der Waals surface area contributed by atoms with Crippen molar-refractivity contribution in [2.24, 2.45) is 7.05 Å². The molecule has 1 N–H and O–H groups in total. The molecular weight excluding hydrogens is 289 g/mol. The number of amides is 1. The molecule has 2 aromatic rings. The highest BCUT2D eigenvalue weighted by molar-refractivity contribution is 9.10. The van der Waals surface area contributed by atoms with Gasteiger partial charge in [-0.25, -0.2) is 4.39 Å². The predicted octanol–water partition coefficient (Wildman–Crippen LogP) is 2.57. The minimum atomic E-state index is -0.470. The molecule has 0 atom stereocenters. The first-order chi connectivity index (χ1) is 8.08. The van der Waals surface area contributed by atoms with Crippen LogP contribution in [0, 0.1) is 5.82 Å². The van der Waals surface area contributed by atoms with E-state index in [1.165, 1.54) is 16.8 Å². The summed E-state index contributed by atoms with van der Waals surface area (Å²) in [5.74, 6) is -0.291. The van der Waals surface area contributed by atoms with Crippen molar-refractivity contribution in [1.82, 2.24) is 9.78 Å². The molecule has 1 aromatic heterocycles. The Morgan fingerprint density at radius 2 is 2.24 bits per heavy atom. The quantitative estimate of drug-likeness (QED) is 0.926. The summed E-state index contributed by atoms with van der Waals surface area (Å²) in [5, 5.41) is 6.55. The molecule has 6 heteroatoms. The molecule has 88 valence electrons. The Bertz CT molecular complexity index is 568. The summed E-state index contributed by atoms with van der Waals surface area (Å²) in [6, 6.07) is 5.87. The number of rotatable bonds is 2. The number of nitrogens with one attached hydrogen (secondary N) is 1. The van der Waals surface area contributed by atoms with Crippen molar-refractivity contribution in [3.8, 4) is 0 Å². The number of carbonyl (C=O) groups excluding carboxylic acids is 1. The highest BCUT2D eigenvalue weighted by Crippen LogP contribution is 2.17.